The molecule has 0 fully saturated rings. The molecule has 2 aromatic heterocycles. The molecule has 0 radical (unpaired) electrons. The van der Waals surface area contributed by atoms with Gasteiger partial charge in [0.25, 0.3) is 0 Å². The van der Waals surface area contributed by atoms with Crippen LogP contribution in [-0.4, -0.2) is 19.1 Å². The normalized spacial score (nSPS) is 6.82. The summed E-state index contributed by atoms with van der Waals surface area (Å²) in [6.45, 7) is 13.3. The molecule has 6 heteroatoms. The molecule has 2 rings (SSSR count). The van der Waals surface area contributed by atoms with E-state index in [0.29, 0.717) is 0 Å². The van der Waals surface area contributed by atoms with Crippen molar-refractivity contribution in [3.05, 3.63) is 75.9 Å². The third-order valence-corrected chi connectivity index (χ3v) is 1.65. The fraction of sp³-hybridized carbons (Fsp3) is 0. The van der Waals surface area contributed by atoms with Crippen molar-refractivity contribution >= 4 is 12.4 Å². The minimum absolute atomic E-state index is 1.18. The number of allylic oxidation sites excluding steroid dienone is 2. The minimum Gasteiger partial charge on any atom is -0.314 e. The monoisotopic (exact) mass is 294 g/mol. The van der Waals surface area contributed by atoms with Gasteiger partial charge in [0.1, 0.15) is 0 Å². The van der Waals surface area contributed by atoms with E-state index in [0.717, 1.165) is 0 Å². The van der Waals surface area contributed by atoms with Crippen molar-refractivity contribution in [2.45, 2.75) is 0 Å². The topological polar surface area (TPSA) is 83.2 Å². The number of nitrogens with zero attached hydrogens (tertiary/aromatic N) is 6. The van der Waals surface area contributed by atoms with Crippen LogP contribution in [0.1, 0.15) is 0 Å². The Morgan fingerprint density at radius 1 is 0.773 bits per heavy atom. The van der Waals surface area contributed by atoms with Crippen molar-refractivity contribution < 1.29 is 0 Å². The highest BCUT2D eigenvalue weighted by Gasteiger charge is 1.73. The summed E-state index contributed by atoms with van der Waals surface area (Å²) in [6.07, 6.45) is 16.2. The molecule has 0 spiro atoms. The summed E-state index contributed by atoms with van der Waals surface area (Å²) in [4.78, 5) is 7.57. The zero-order valence-corrected chi connectivity index (χ0v) is 12.3. The minimum atomic E-state index is 1.18. The second-order valence-electron chi connectivity index (χ2n) is 3.05. The zero-order valence-electron chi connectivity index (χ0n) is 12.3. The van der Waals surface area contributed by atoms with Crippen LogP contribution in [0.25, 0.3) is 12.4 Å². The molecule has 0 N–H and O–H groups in total. The predicted octanol–water partition coefficient (Wildman–Crippen LogP) is 3.36. The first-order valence-electron chi connectivity index (χ1n) is 5.91. The maximum absolute atomic E-state index is 7.51. The van der Waals surface area contributed by atoms with Gasteiger partial charge in [-0.3, -0.25) is 0 Å². The lowest BCUT2D eigenvalue weighted by Crippen LogP contribution is -1.73. The number of aromatic nitrogens is 4. The first kappa shape index (κ1) is 20.7. The molecule has 0 saturated heterocycles. The molecule has 0 atom stereocenters. The Labute approximate surface area is 130 Å². The molecular formula is C16H18N6. The lowest BCUT2D eigenvalue weighted by Gasteiger charge is -1.80. The summed E-state index contributed by atoms with van der Waals surface area (Å²) < 4.78 is 3.56. The van der Waals surface area contributed by atoms with Crippen LogP contribution in [0.5, 0.6) is 0 Å². The van der Waals surface area contributed by atoms with Crippen molar-refractivity contribution in [1.29, 1.82) is 10.5 Å². The van der Waals surface area contributed by atoms with E-state index in [1.54, 1.807) is 58.7 Å². The van der Waals surface area contributed by atoms with E-state index in [1.807, 2.05) is 12.4 Å². The number of hydrogen-bond donors (Lipinski definition) is 0. The fourth-order valence-corrected chi connectivity index (χ4v) is 0.755. The third-order valence-electron chi connectivity index (χ3n) is 1.65. The lowest BCUT2D eigenvalue weighted by molar-refractivity contribution is 1.14. The maximum atomic E-state index is 7.51. The lowest BCUT2D eigenvalue weighted by atomic mass is 10.8. The first-order valence-corrected chi connectivity index (χ1v) is 5.91. The molecule has 0 bridgehead atoms. The summed E-state index contributed by atoms with van der Waals surface area (Å²) in [5.74, 6) is 0. The van der Waals surface area contributed by atoms with Gasteiger partial charge in [-0.1, -0.05) is 26.3 Å². The first-order chi connectivity index (χ1) is 10.7. The molecule has 0 aliphatic rings. The standard InChI is InChI=1S/2C5H6N2.2C3H3N/c2*1-2-7-4-3-6-5-7;2*1-2-3-4/h2*2-5H,1H2;2*2H,1H2. The van der Waals surface area contributed by atoms with Gasteiger partial charge in [-0.2, -0.15) is 10.5 Å². The van der Waals surface area contributed by atoms with E-state index in [-0.39, 0.29) is 0 Å². The van der Waals surface area contributed by atoms with Crippen LogP contribution in [0.2, 0.25) is 0 Å². The maximum Gasteiger partial charge on any atom is 0.0986 e. The third kappa shape index (κ3) is 14.4. The second kappa shape index (κ2) is 17.4. The van der Waals surface area contributed by atoms with Gasteiger partial charge >= 0.3 is 0 Å². The van der Waals surface area contributed by atoms with Gasteiger partial charge in [0.05, 0.1) is 24.8 Å². The molecule has 0 saturated carbocycles. The van der Waals surface area contributed by atoms with Crippen molar-refractivity contribution in [3.63, 3.8) is 0 Å². The Morgan fingerprint density at radius 3 is 1.18 bits per heavy atom. The summed E-state index contributed by atoms with van der Waals surface area (Å²) in [5, 5.41) is 15.0. The van der Waals surface area contributed by atoms with Crippen molar-refractivity contribution in [2.75, 3.05) is 0 Å². The van der Waals surface area contributed by atoms with Gasteiger partial charge in [0, 0.05) is 49.3 Å². The van der Waals surface area contributed by atoms with Crippen molar-refractivity contribution in [3.8, 4) is 12.1 Å². The van der Waals surface area contributed by atoms with Gasteiger partial charge in [0.15, 0.2) is 0 Å². The quantitative estimate of drug-likeness (QED) is 0.795. The fourth-order valence-electron chi connectivity index (χ4n) is 0.755. The Bertz CT molecular complexity index is 538. The van der Waals surface area contributed by atoms with Crippen molar-refractivity contribution in [1.82, 2.24) is 19.1 Å². The van der Waals surface area contributed by atoms with Gasteiger partial charge in [-0.05, 0) is 0 Å². The molecule has 6 nitrogen and oxygen atoms in total. The smallest absolute Gasteiger partial charge is 0.0986 e. The number of nitriles is 2. The summed E-state index contributed by atoms with van der Waals surface area (Å²) >= 11 is 0. The van der Waals surface area contributed by atoms with Gasteiger partial charge < -0.3 is 9.13 Å². The van der Waals surface area contributed by atoms with Crippen LogP contribution in [0.4, 0.5) is 0 Å². The van der Waals surface area contributed by atoms with Crippen molar-refractivity contribution in [2.24, 2.45) is 0 Å². The van der Waals surface area contributed by atoms with E-state index in [4.69, 9.17) is 10.5 Å². The van der Waals surface area contributed by atoms with Crippen LogP contribution in [0, 0.1) is 22.7 Å². The molecule has 2 aromatic rings. The average Bonchev–Trinajstić information content (AvgIpc) is 3.28. The SMILES string of the molecule is C=CC#N.C=CC#N.C=Cn1ccnc1.C=Cn1ccnc1. The van der Waals surface area contributed by atoms with E-state index in [2.05, 4.69) is 36.3 Å². The molecule has 0 aliphatic carbocycles. The zero-order chi connectivity index (χ0) is 17.1. The molecule has 0 amide bonds. The molecule has 2 heterocycles. The van der Waals surface area contributed by atoms with Gasteiger partial charge in [-0.15, -0.1) is 0 Å². The van der Waals surface area contributed by atoms with E-state index < -0.39 is 0 Å². The number of hydrogen-bond acceptors (Lipinski definition) is 4. The highest BCUT2D eigenvalue weighted by molar-refractivity contribution is 5.14. The van der Waals surface area contributed by atoms with Crippen LogP contribution < -0.4 is 0 Å². The van der Waals surface area contributed by atoms with Gasteiger partial charge in [-0.25, -0.2) is 9.97 Å². The Morgan fingerprint density at radius 2 is 1.09 bits per heavy atom. The molecule has 112 valence electrons. The van der Waals surface area contributed by atoms with Crippen LogP contribution in [0.15, 0.2) is 75.9 Å². The summed E-state index contributed by atoms with van der Waals surface area (Å²) in [7, 11) is 0. The Balaban J connectivity index is 0. The van der Waals surface area contributed by atoms with Crippen LogP contribution in [0.3, 0.4) is 0 Å². The molecule has 0 aromatic carbocycles. The van der Waals surface area contributed by atoms with Gasteiger partial charge in [0.2, 0.25) is 0 Å². The molecule has 0 unspecified atom stereocenters. The largest absolute Gasteiger partial charge is 0.314 e. The highest BCUT2D eigenvalue weighted by atomic mass is 15.0. The summed E-state index contributed by atoms with van der Waals surface area (Å²) in [5.41, 5.74) is 0. The van der Waals surface area contributed by atoms with E-state index >= 15 is 0 Å². The van der Waals surface area contributed by atoms with E-state index in [9.17, 15) is 0 Å². The second-order valence-corrected chi connectivity index (χ2v) is 3.05. The van der Waals surface area contributed by atoms with Crippen LogP contribution in [-0.2, 0) is 0 Å². The Kier molecular flexibility index (Phi) is 16.3. The average molecular weight is 294 g/mol. The highest BCUT2D eigenvalue weighted by Crippen LogP contribution is 1.82. The molecule has 22 heavy (non-hydrogen) atoms. The predicted molar refractivity (Wildman–Crippen MR) is 88.8 cm³/mol. The molecule has 0 aliphatic heterocycles. The number of imidazole rings is 2. The Hall–Kier alpha value is -3.64. The number of rotatable bonds is 2. The summed E-state index contributed by atoms with van der Waals surface area (Å²) in [6, 6.07) is 3.39. The van der Waals surface area contributed by atoms with E-state index in [1.165, 1.54) is 12.2 Å². The molecular weight excluding hydrogens is 276 g/mol. The van der Waals surface area contributed by atoms with Crippen LogP contribution >= 0.6 is 0 Å².